The van der Waals surface area contributed by atoms with Crippen molar-refractivity contribution in [3.05, 3.63) is 24.3 Å². The number of likely N-dealkylation sites (tertiary alicyclic amines) is 1. The van der Waals surface area contributed by atoms with Gasteiger partial charge in [-0.2, -0.15) is 0 Å². The molecule has 0 aromatic heterocycles. The third-order valence-corrected chi connectivity index (χ3v) is 8.23. The Kier molecular flexibility index (Phi) is 6.92. The van der Waals surface area contributed by atoms with E-state index in [1.807, 2.05) is 72.8 Å². The van der Waals surface area contributed by atoms with E-state index >= 15 is 0 Å². The number of aliphatic hydroxyl groups excluding tert-OH is 1. The lowest BCUT2D eigenvalue weighted by atomic mass is 9.74. The number of hydrogen-bond donors (Lipinski definition) is 1. The summed E-state index contributed by atoms with van der Waals surface area (Å²) in [5.74, 6) is -1.98. The van der Waals surface area contributed by atoms with Gasteiger partial charge in [-0.25, -0.2) is 0 Å². The Hall–Kier alpha value is -2.19. The molecule has 200 valence electrons. The van der Waals surface area contributed by atoms with Crippen LogP contribution in [-0.2, 0) is 19.1 Å². The molecule has 3 amide bonds. The zero-order chi connectivity index (χ0) is 26.6. The molecule has 6 atom stereocenters. The van der Waals surface area contributed by atoms with Gasteiger partial charge < -0.3 is 24.5 Å². The van der Waals surface area contributed by atoms with Crippen molar-refractivity contribution in [1.29, 1.82) is 0 Å². The Morgan fingerprint density at radius 3 is 2.31 bits per heavy atom. The Labute approximate surface area is 215 Å². The van der Waals surface area contributed by atoms with E-state index < -0.39 is 40.7 Å². The quantitative estimate of drug-likeness (QED) is 0.565. The minimum absolute atomic E-state index is 0.109. The summed E-state index contributed by atoms with van der Waals surface area (Å²) in [7, 11) is 0. The first kappa shape index (κ1) is 26.9. The number of carbonyl (C=O) groups is 3. The number of amides is 3. The van der Waals surface area contributed by atoms with Gasteiger partial charge in [-0.05, 0) is 46.5 Å². The minimum Gasteiger partial charge on any atom is -0.394 e. The molecule has 1 unspecified atom stereocenters. The maximum Gasteiger partial charge on any atom is 0.249 e. The first-order chi connectivity index (χ1) is 16.8. The van der Waals surface area contributed by atoms with Gasteiger partial charge in [0.2, 0.25) is 17.7 Å². The van der Waals surface area contributed by atoms with Crippen molar-refractivity contribution >= 4 is 17.7 Å². The number of rotatable bonds is 6. The SMILES string of the molecule is CCCN1CC=C[C@]2(C)O[C@]34C=CCN(C(C)(C)C)C(=O)C3N([C@@H](CO)CC(C)C)C(=O)[C@@H]4[C@@H]2C1=O. The highest BCUT2D eigenvalue weighted by molar-refractivity contribution is 6.00. The molecule has 4 aliphatic rings. The molecule has 8 heteroatoms. The Bertz CT molecular complexity index is 969. The smallest absolute Gasteiger partial charge is 0.249 e. The molecule has 0 bridgehead atoms. The number of ether oxygens (including phenoxy) is 1. The van der Waals surface area contributed by atoms with Crippen molar-refractivity contribution < 1.29 is 24.2 Å². The summed E-state index contributed by atoms with van der Waals surface area (Å²) < 4.78 is 6.84. The third-order valence-electron chi connectivity index (χ3n) is 8.23. The van der Waals surface area contributed by atoms with Crippen molar-refractivity contribution in [3.63, 3.8) is 0 Å². The van der Waals surface area contributed by atoms with E-state index in [0.29, 0.717) is 26.1 Å². The molecule has 2 saturated heterocycles. The molecule has 2 fully saturated rings. The van der Waals surface area contributed by atoms with E-state index in [2.05, 4.69) is 0 Å². The van der Waals surface area contributed by atoms with Gasteiger partial charge in [-0.3, -0.25) is 14.4 Å². The summed E-state index contributed by atoms with van der Waals surface area (Å²) in [6.45, 7) is 15.1. The van der Waals surface area contributed by atoms with Crippen LogP contribution in [0.4, 0.5) is 0 Å². The predicted octanol–water partition coefficient (Wildman–Crippen LogP) is 2.37. The number of carbonyl (C=O) groups excluding carboxylic acids is 3. The predicted molar refractivity (Wildman–Crippen MR) is 137 cm³/mol. The molecular weight excluding hydrogens is 458 g/mol. The third kappa shape index (κ3) is 4.01. The monoisotopic (exact) mass is 501 g/mol. The number of hydrogen-bond acceptors (Lipinski definition) is 5. The van der Waals surface area contributed by atoms with Crippen LogP contribution in [-0.4, -0.2) is 92.6 Å². The van der Waals surface area contributed by atoms with E-state index in [0.717, 1.165) is 6.42 Å². The van der Waals surface area contributed by atoms with E-state index in [-0.39, 0.29) is 30.2 Å². The molecule has 4 heterocycles. The van der Waals surface area contributed by atoms with E-state index in [1.165, 1.54) is 0 Å². The average molecular weight is 502 g/mol. The van der Waals surface area contributed by atoms with Gasteiger partial charge in [0, 0.05) is 25.2 Å². The van der Waals surface area contributed by atoms with Gasteiger partial charge >= 0.3 is 0 Å². The van der Waals surface area contributed by atoms with Crippen LogP contribution in [0.25, 0.3) is 0 Å². The lowest BCUT2D eigenvalue weighted by Crippen LogP contribution is -2.61. The molecule has 36 heavy (non-hydrogen) atoms. The summed E-state index contributed by atoms with van der Waals surface area (Å²) in [4.78, 5) is 47.8. The van der Waals surface area contributed by atoms with Gasteiger partial charge in [0.25, 0.3) is 0 Å². The molecule has 4 rings (SSSR count). The molecule has 1 N–H and O–H groups in total. The second-order valence-electron chi connectivity index (χ2n) is 12.4. The number of fused-ring (bicyclic) bond motifs is 2. The average Bonchev–Trinajstić information content (AvgIpc) is 3.05. The lowest BCUT2D eigenvalue weighted by molar-refractivity contribution is -0.158. The summed E-state index contributed by atoms with van der Waals surface area (Å²) in [5.41, 5.74) is -2.78. The normalized spacial score (nSPS) is 35.2. The van der Waals surface area contributed by atoms with Crippen molar-refractivity contribution in [3.8, 4) is 0 Å². The Morgan fingerprint density at radius 2 is 1.72 bits per heavy atom. The fourth-order valence-electron chi connectivity index (χ4n) is 6.80. The second-order valence-corrected chi connectivity index (χ2v) is 12.4. The van der Waals surface area contributed by atoms with Gasteiger partial charge in [0.05, 0.1) is 30.1 Å². The van der Waals surface area contributed by atoms with Crippen molar-refractivity contribution in [2.24, 2.45) is 17.8 Å². The van der Waals surface area contributed by atoms with Gasteiger partial charge in [0.1, 0.15) is 11.6 Å². The van der Waals surface area contributed by atoms with Crippen LogP contribution < -0.4 is 0 Å². The van der Waals surface area contributed by atoms with E-state index in [1.54, 1.807) is 14.7 Å². The molecule has 0 aliphatic carbocycles. The van der Waals surface area contributed by atoms with Crippen LogP contribution in [0.2, 0.25) is 0 Å². The Morgan fingerprint density at radius 1 is 1.06 bits per heavy atom. The van der Waals surface area contributed by atoms with Crippen LogP contribution >= 0.6 is 0 Å². The number of nitrogens with zero attached hydrogens (tertiary/aromatic N) is 3. The topological polar surface area (TPSA) is 90.4 Å². The summed E-state index contributed by atoms with van der Waals surface area (Å²) in [5, 5.41) is 10.4. The highest BCUT2D eigenvalue weighted by Crippen LogP contribution is 2.58. The molecule has 1 spiro atoms. The zero-order valence-electron chi connectivity index (χ0n) is 22.9. The summed E-state index contributed by atoms with van der Waals surface area (Å²) in [6.07, 6.45) is 9.00. The maximum atomic E-state index is 14.4. The highest BCUT2D eigenvalue weighted by Gasteiger charge is 2.75. The van der Waals surface area contributed by atoms with Gasteiger partial charge in [-0.15, -0.1) is 0 Å². The first-order valence-corrected chi connectivity index (χ1v) is 13.4. The van der Waals surface area contributed by atoms with Crippen molar-refractivity contribution in [2.45, 2.75) is 90.1 Å². The fourth-order valence-corrected chi connectivity index (χ4v) is 6.80. The largest absolute Gasteiger partial charge is 0.394 e. The molecule has 0 radical (unpaired) electrons. The standard InChI is InChI=1S/C28H43N3O5/c1-8-13-29-14-9-11-27(7)20(23(29)33)21-24(34)31(19(17-32)16-18(2)3)22-25(35)30(26(4,5)6)15-10-12-28(21,22)36-27/h9-12,18-22,32H,8,13-17H2,1-7H3/t19-,20-,21+,22?,27+,28+/m1/s1. The fraction of sp³-hybridized carbons (Fsp3) is 0.750. The molecule has 0 aromatic carbocycles. The number of aliphatic hydroxyl groups is 1. The van der Waals surface area contributed by atoms with Crippen LogP contribution in [0, 0.1) is 17.8 Å². The van der Waals surface area contributed by atoms with Crippen molar-refractivity contribution in [1.82, 2.24) is 14.7 Å². The maximum absolute atomic E-state index is 14.4. The Balaban J connectivity index is 1.91. The summed E-state index contributed by atoms with van der Waals surface area (Å²) >= 11 is 0. The summed E-state index contributed by atoms with van der Waals surface area (Å²) in [6, 6.07) is -1.49. The van der Waals surface area contributed by atoms with Crippen LogP contribution in [0.1, 0.15) is 61.3 Å². The second kappa shape index (κ2) is 9.28. The molecular formula is C28H43N3O5. The highest BCUT2D eigenvalue weighted by atomic mass is 16.5. The van der Waals surface area contributed by atoms with Gasteiger partial charge in [0.15, 0.2) is 0 Å². The lowest BCUT2D eigenvalue weighted by Gasteiger charge is -2.43. The first-order valence-electron chi connectivity index (χ1n) is 13.4. The molecule has 8 nitrogen and oxygen atoms in total. The van der Waals surface area contributed by atoms with Crippen LogP contribution in [0.3, 0.4) is 0 Å². The van der Waals surface area contributed by atoms with Crippen molar-refractivity contribution in [2.75, 3.05) is 26.2 Å². The van der Waals surface area contributed by atoms with Gasteiger partial charge in [-0.1, -0.05) is 45.1 Å². The van der Waals surface area contributed by atoms with Crippen LogP contribution in [0.15, 0.2) is 24.3 Å². The zero-order valence-corrected chi connectivity index (χ0v) is 22.9. The minimum atomic E-state index is -1.28. The van der Waals surface area contributed by atoms with E-state index in [9.17, 15) is 19.5 Å². The molecule has 0 aromatic rings. The molecule has 0 saturated carbocycles. The van der Waals surface area contributed by atoms with Crippen LogP contribution in [0.5, 0.6) is 0 Å². The van der Waals surface area contributed by atoms with E-state index in [4.69, 9.17) is 4.74 Å². The molecule has 4 aliphatic heterocycles.